The maximum Gasteiger partial charge on any atom is 0.156 e. The Bertz CT molecular complexity index is 397. The number of carbonyl (C=O) groups excluding carboxylic acids is 2. The summed E-state index contributed by atoms with van der Waals surface area (Å²) in [4.78, 5) is 28.1. The zero-order valence-corrected chi connectivity index (χ0v) is 10.3. The molecule has 0 radical (unpaired) electrons. The van der Waals surface area contributed by atoms with Gasteiger partial charge in [-0.3, -0.25) is 9.63 Å². The summed E-state index contributed by atoms with van der Waals surface area (Å²) in [5.41, 5.74) is -0.227. The molecule has 1 saturated heterocycles. The Hall–Kier alpha value is -1.63. The van der Waals surface area contributed by atoms with Crippen LogP contribution < -0.4 is 0 Å². The fraction of sp³-hybridized carbons (Fsp3) is 0.667. The van der Waals surface area contributed by atoms with Gasteiger partial charge in [0, 0.05) is 6.54 Å². The Kier molecular flexibility index (Phi) is 4.06. The molecule has 0 amide bonds. The molecule has 1 atom stereocenters. The van der Waals surface area contributed by atoms with Gasteiger partial charge in [0.15, 0.2) is 5.78 Å². The van der Waals surface area contributed by atoms with Crippen LogP contribution in [0.4, 0.5) is 0 Å². The summed E-state index contributed by atoms with van der Waals surface area (Å²) < 4.78 is 0. The zero-order chi connectivity index (χ0) is 13.1. The van der Waals surface area contributed by atoms with Gasteiger partial charge < -0.3 is 0 Å². The molecular weight excluding hydrogens is 220 g/mol. The molecule has 5 nitrogen and oxygen atoms in total. The summed E-state index contributed by atoms with van der Waals surface area (Å²) in [6.45, 7) is 6.06. The van der Waals surface area contributed by atoms with Crippen molar-refractivity contribution in [2.45, 2.75) is 39.2 Å². The van der Waals surface area contributed by atoms with Crippen LogP contribution in [0.2, 0.25) is 0 Å². The molecule has 1 aliphatic rings. The van der Waals surface area contributed by atoms with Crippen molar-refractivity contribution >= 4 is 11.7 Å². The number of allylic oxidation sites excluding steroid dienone is 1. The third kappa shape index (κ3) is 3.42. The lowest BCUT2D eigenvalue weighted by atomic mass is 9.99. The largest absolute Gasteiger partial charge is 0.298 e. The molecule has 0 spiro atoms. The highest BCUT2D eigenvalue weighted by Crippen LogP contribution is 2.30. The third-order valence-electron chi connectivity index (χ3n) is 2.35. The molecule has 0 bridgehead atoms. The van der Waals surface area contributed by atoms with Crippen molar-refractivity contribution in [2.24, 2.45) is 5.92 Å². The summed E-state index contributed by atoms with van der Waals surface area (Å²) in [5, 5.41) is 9.91. The maximum absolute atomic E-state index is 11.6. The highest BCUT2D eigenvalue weighted by molar-refractivity contribution is 5.87. The second-order valence-electron chi connectivity index (χ2n) is 4.94. The molecule has 0 aliphatic carbocycles. The van der Waals surface area contributed by atoms with Crippen LogP contribution in [-0.4, -0.2) is 28.9 Å². The van der Waals surface area contributed by atoms with Gasteiger partial charge in [-0.25, -0.2) is 9.86 Å². The van der Waals surface area contributed by atoms with Crippen molar-refractivity contribution < 1.29 is 14.4 Å². The van der Waals surface area contributed by atoms with Gasteiger partial charge in [0.2, 0.25) is 0 Å². The van der Waals surface area contributed by atoms with Crippen molar-refractivity contribution in [3.05, 3.63) is 5.70 Å². The highest BCUT2D eigenvalue weighted by Gasteiger charge is 2.36. The highest BCUT2D eigenvalue weighted by atomic mass is 16.7. The summed E-state index contributed by atoms with van der Waals surface area (Å²) in [6, 6.07) is 1.80. The number of hydroxylamine groups is 2. The molecule has 0 aromatic heterocycles. The van der Waals surface area contributed by atoms with E-state index < -0.39 is 11.5 Å². The lowest BCUT2D eigenvalue weighted by molar-refractivity contribution is -0.198. The second-order valence-corrected chi connectivity index (χ2v) is 4.94. The summed E-state index contributed by atoms with van der Waals surface area (Å²) >= 11 is 0. The maximum atomic E-state index is 11.6. The topological polar surface area (TPSA) is 70.4 Å². The van der Waals surface area contributed by atoms with Gasteiger partial charge in [-0.15, -0.1) is 0 Å². The Morgan fingerprint density at radius 2 is 2.24 bits per heavy atom. The van der Waals surface area contributed by atoms with E-state index in [0.29, 0.717) is 13.0 Å². The number of Topliss-reactive ketones (excluding diaryl/α,β-unsaturated/α-hetero) is 1. The Morgan fingerprint density at radius 3 is 2.71 bits per heavy atom. The molecule has 0 N–H and O–H groups in total. The second kappa shape index (κ2) is 5.13. The number of nitriles is 1. The molecule has 1 fully saturated rings. The van der Waals surface area contributed by atoms with E-state index in [-0.39, 0.29) is 17.9 Å². The minimum atomic E-state index is -0.547. The molecule has 5 heteroatoms. The van der Waals surface area contributed by atoms with Crippen LogP contribution in [0, 0.1) is 17.2 Å². The zero-order valence-electron chi connectivity index (χ0n) is 10.3. The number of nitrogens with zero attached hydrogens (tertiary/aromatic N) is 2. The van der Waals surface area contributed by atoms with Crippen molar-refractivity contribution in [3.8, 4) is 6.07 Å². The van der Waals surface area contributed by atoms with E-state index in [1.54, 1.807) is 12.0 Å². The van der Waals surface area contributed by atoms with Crippen molar-refractivity contribution in [1.29, 1.82) is 5.26 Å². The summed E-state index contributed by atoms with van der Waals surface area (Å²) in [5.74, 6) is 0.972. The van der Waals surface area contributed by atoms with Gasteiger partial charge in [-0.05, 0) is 27.2 Å². The predicted molar refractivity (Wildman–Crippen MR) is 60.1 cm³/mol. The Balaban J connectivity index is 2.80. The van der Waals surface area contributed by atoms with Crippen molar-refractivity contribution in [2.75, 3.05) is 6.54 Å². The van der Waals surface area contributed by atoms with Gasteiger partial charge in [-0.1, -0.05) is 0 Å². The lowest BCUT2D eigenvalue weighted by Gasteiger charge is -2.27. The van der Waals surface area contributed by atoms with Gasteiger partial charge in [0.05, 0.1) is 24.0 Å². The molecule has 1 heterocycles. The first kappa shape index (κ1) is 13.4. The summed E-state index contributed by atoms with van der Waals surface area (Å²) in [7, 11) is 0. The molecule has 1 unspecified atom stereocenters. The van der Waals surface area contributed by atoms with Crippen LogP contribution in [0.25, 0.3) is 0 Å². The van der Waals surface area contributed by atoms with E-state index in [1.807, 2.05) is 20.8 Å². The molecular formula is C12H16N2O3. The number of hydrogen-bond acceptors (Lipinski definition) is 5. The van der Waals surface area contributed by atoms with Gasteiger partial charge >= 0.3 is 0 Å². The first-order valence-electron chi connectivity index (χ1n) is 5.50. The van der Waals surface area contributed by atoms with Crippen molar-refractivity contribution in [3.63, 3.8) is 0 Å². The van der Waals surface area contributed by atoms with Gasteiger partial charge in [-0.2, -0.15) is 5.26 Å². The van der Waals surface area contributed by atoms with Crippen LogP contribution in [-0.2, 0) is 14.4 Å². The smallest absolute Gasteiger partial charge is 0.156 e. The van der Waals surface area contributed by atoms with Crippen molar-refractivity contribution in [1.82, 2.24) is 5.06 Å². The number of rotatable bonds is 3. The molecule has 0 saturated carbocycles. The first-order valence-corrected chi connectivity index (χ1v) is 5.50. The average Bonchev–Trinajstić information content (AvgIpc) is 2.58. The van der Waals surface area contributed by atoms with Crippen LogP contribution in [0.15, 0.2) is 5.70 Å². The molecule has 1 rings (SSSR count). The van der Waals surface area contributed by atoms with Crippen LogP contribution in [0.1, 0.15) is 33.6 Å². The third-order valence-corrected chi connectivity index (χ3v) is 2.35. The van der Waals surface area contributed by atoms with E-state index in [2.05, 4.69) is 0 Å². The molecule has 92 valence electrons. The molecule has 0 aromatic rings. The van der Waals surface area contributed by atoms with Crippen LogP contribution in [0.5, 0.6) is 0 Å². The van der Waals surface area contributed by atoms with E-state index in [9.17, 15) is 9.59 Å². The van der Waals surface area contributed by atoms with E-state index in [4.69, 9.17) is 10.1 Å². The summed E-state index contributed by atoms with van der Waals surface area (Å²) in [6.07, 6.45) is 0.320. The lowest BCUT2D eigenvalue weighted by Crippen LogP contribution is -2.32. The van der Waals surface area contributed by atoms with Crippen LogP contribution in [0.3, 0.4) is 0 Å². The minimum absolute atomic E-state index is 0.181. The fourth-order valence-corrected chi connectivity index (χ4v) is 1.74. The number of carbonyl (C=O) groups is 1. The van der Waals surface area contributed by atoms with Crippen LogP contribution >= 0.6 is 0 Å². The fourth-order valence-electron chi connectivity index (χ4n) is 1.74. The SMILES string of the molecule is CC(C)(C)ON1CCC(C(=O)CC#N)C1=C=O. The first-order chi connectivity index (χ1) is 7.89. The number of hydrogen-bond donors (Lipinski definition) is 0. The molecule has 0 aromatic carbocycles. The molecule has 1 aliphatic heterocycles. The van der Waals surface area contributed by atoms with E-state index in [1.165, 1.54) is 5.06 Å². The Morgan fingerprint density at radius 1 is 1.59 bits per heavy atom. The normalized spacial score (nSPS) is 20.0. The van der Waals surface area contributed by atoms with Gasteiger partial charge in [0.1, 0.15) is 11.6 Å². The monoisotopic (exact) mass is 236 g/mol. The quantitative estimate of drug-likeness (QED) is 0.689. The number of ketones is 1. The minimum Gasteiger partial charge on any atom is -0.298 e. The Labute approximate surface area is 101 Å². The van der Waals surface area contributed by atoms with Gasteiger partial charge in [0.25, 0.3) is 0 Å². The standard InChI is InChI=1S/C12H16N2O3/c1-12(2,3)17-14-7-5-9(10(14)8-15)11(16)4-6-13/h9H,4-5,7H2,1-3H3. The average molecular weight is 236 g/mol. The predicted octanol–water partition coefficient (Wildman–Crippen LogP) is 1.24. The molecule has 17 heavy (non-hydrogen) atoms. The van der Waals surface area contributed by atoms with E-state index >= 15 is 0 Å². The van der Waals surface area contributed by atoms with E-state index in [0.717, 1.165) is 0 Å².